The summed E-state index contributed by atoms with van der Waals surface area (Å²) in [6.07, 6.45) is 0.109. The summed E-state index contributed by atoms with van der Waals surface area (Å²) in [7, 11) is 0. The van der Waals surface area contributed by atoms with E-state index >= 15 is 0 Å². The molecule has 0 aliphatic rings. The molecule has 1 aromatic rings. The highest BCUT2D eigenvalue weighted by molar-refractivity contribution is 5.35. The van der Waals surface area contributed by atoms with Crippen molar-refractivity contribution < 1.29 is 9.84 Å². The third-order valence-electron chi connectivity index (χ3n) is 1.96. The summed E-state index contributed by atoms with van der Waals surface area (Å²) in [4.78, 5) is 0. The summed E-state index contributed by atoms with van der Waals surface area (Å²) in [5.74, 6) is 0.586. The molecule has 3 heteroatoms. The molecule has 0 aromatic heterocycles. The Morgan fingerprint density at radius 3 is 2.86 bits per heavy atom. The van der Waals surface area contributed by atoms with Crippen LogP contribution in [-0.4, -0.2) is 11.7 Å². The number of hydrogen-bond acceptors (Lipinski definition) is 3. The number of nitriles is 1. The molecule has 0 bridgehead atoms. The van der Waals surface area contributed by atoms with Gasteiger partial charge in [0.25, 0.3) is 0 Å². The Hall–Kier alpha value is -1.53. The molecule has 0 amide bonds. The van der Waals surface area contributed by atoms with Crippen molar-refractivity contribution in [2.45, 2.75) is 19.4 Å². The number of benzene rings is 1. The first-order chi connectivity index (χ1) is 6.79. The predicted octanol–water partition coefficient (Wildman–Crippen LogP) is 2.03. The zero-order chi connectivity index (χ0) is 10.4. The summed E-state index contributed by atoms with van der Waals surface area (Å²) in [6.45, 7) is 1.90. The van der Waals surface area contributed by atoms with Crippen molar-refractivity contribution in [3.63, 3.8) is 0 Å². The fourth-order valence-corrected chi connectivity index (χ4v) is 1.22. The van der Waals surface area contributed by atoms with Gasteiger partial charge in [0.15, 0.2) is 6.61 Å². The molecule has 0 saturated carbocycles. The highest BCUT2D eigenvalue weighted by Crippen LogP contribution is 2.26. The fraction of sp³-hybridized carbons (Fsp3) is 0.364. The number of hydrogen-bond donors (Lipinski definition) is 1. The summed E-state index contributed by atoms with van der Waals surface area (Å²) in [5, 5.41) is 18.0. The Bertz CT molecular complexity index is 330. The number of aliphatic hydroxyl groups is 1. The number of ether oxygens (including phenoxy) is 1. The van der Waals surface area contributed by atoms with Crippen molar-refractivity contribution in [2.24, 2.45) is 0 Å². The van der Waals surface area contributed by atoms with Gasteiger partial charge in [0.05, 0.1) is 6.10 Å². The van der Waals surface area contributed by atoms with Crippen LogP contribution in [-0.2, 0) is 0 Å². The van der Waals surface area contributed by atoms with E-state index in [1.807, 2.05) is 25.1 Å². The number of rotatable bonds is 4. The Morgan fingerprint density at radius 2 is 2.21 bits per heavy atom. The third kappa shape index (κ3) is 2.48. The van der Waals surface area contributed by atoms with Crippen molar-refractivity contribution in [1.29, 1.82) is 5.26 Å². The zero-order valence-corrected chi connectivity index (χ0v) is 8.10. The summed E-state index contributed by atoms with van der Waals surface area (Å²) in [5.41, 5.74) is 0.741. The van der Waals surface area contributed by atoms with Gasteiger partial charge in [-0.05, 0) is 12.5 Å². The Kier molecular flexibility index (Phi) is 3.96. The van der Waals surface area contributed by atoms with Gasteiger partial charge in [-0.3, -0.25) is 0 Å². The van der Waals surface area contributed by atoms with Crippen molar-refractivity contribution in [3.8, 4) is 11.8 Å². The van der Waals surface area contributed by atoms with Gasteiger partial charge in [-0.15, -0.1) is 0 Å². The van der Waals surface area contributed by atoms with Gasteiger partial charge in [-0.1, -0.05) is 25.1 Å². The first-order valence-electron chi connectivity index (χ1n) is 4.56. The zero-order valence-electron chi connectivity index (χ0n) is 8.10. The predicted molar refractivity (Wildman–Crippen MR) is 52.8 cm³/mol. The van der Waals surface area contributed by atoms with Crippen molar-refractivity contribution in [2.75, 3.05) is 6.61 Å². The van der Waals surface area contributed by atoms with E-state index < -0.39 is 6.10 Å². The van der Waals surface area contributed by atoms with E-state index in [1.165, 1.54) is 0 Å². The minimum absolute atomic E-state index is 0.00739. The molecule has 0 aliphatic heterocycles. The SMILES string of the molecule is CC[C@@H](O)c1ccccc1OCC#N. The molecule has 0 aliphatic carbocycles. The lowest BCUT2D eigenvalue weighted by molar-refractivity contribution is 0.168. The molecule has 14 heavy (non-hydrogen) atoms. The molecule has 1 rings (SSSR count). The summed E-state index contributed by atoms with van der Waals surface area (Å²) >= 11 is 0. The quantitative estimate of drug-likeness (QED) is 0.792. The molecule has 0 heterocycles. The molecular formula is C11H13NO2. The minimum atomic E-state index is -0.523. The molecule has 0 unspecified atom stereocenters. The Labute approximate surface area is 83.6 Å². The van der Waals surface area contributed by atoms with Crippen LogP contribution in [0.3, 0.4) is 0 Å². The minimum Gasteiger partial charge on any atom is -0.478 e. The van der Waals surface area contributed by atoms with E-state index in [0.29, 0.717) is 12.2 Å². The first-order valence-corrected chi connectivity index (χ1v) is 4.56. The second-order valence-electron chi connectivity index (χ2n) is 2.91. The fourth-order valence-electron chi connectivity index (χ4n) is 1.22. The highest BCUT2D eigenvalue weighted by Gasteiger charge is 2.10. The highest BCUT2D eigenvalue weighted by atomic mass is 16.5. The average molecular weight is 191 g/mol. The van der Waals surface area contributed by atoms with Crippen LogP contribution in [0.4, 0.5) is 0 Å². The maximum Gasteiger partial charge on any atom is 0.174 e. The van der Waals surface area contributed by atoms with Gasteiger partial charge >= 0.3 is 0 Å². The van der Waals surface area contributed by atoms with Crippen molar-refractivity contribution in [1.82, 2.24) is 0 Å². The second-order valence-corrected chi connectivity index (χ2v) is 2.91. The molecule has 74 valence electrons. The van der Waals surface area contributed by atoms with Crippen molar-refractivity contribution in [3.05, 3.63) is 29.8 Å². The van der Waals surface area contributed by atoms with E-state index in [-0.39, 0.29) is 6.61 Å². The molecule has 3 nitrogen and oxygen atoms in total. The largest absolute Gasteiger partial charge is 0.478 e. The lowest BCUT2D eigenvalue weighted by Crippen LogP contribution is -2.01. The van der Waals surface area contributed by atoms with Crippen LogP contribution < -0.4 is 4.74 Å². The number of aliphatic hydroxyl groups excluding tert-OH is 1. The van der Waals surface area contributed by atoms with Crippen LogP contribution in [0.2, 0.25) is 0 Å². The van der Waals surface area contributed by atoms with Crippen LogP contribution in [0.1, 0.15) is 25.0 Å². The maximum absolute atomic E-state index is 9.65. The monoisotopic (exact) mass is 191 g/mol. The number of nitrogens with zero attached hydrogens (tertiary/aromatic N) is 1. The van der Waals surface area contributed by atoms with Crippen LogP contribution in [0.15, 0.2) is 24.3 Å². The molecule has 0 saturated heterocycles. The van der Waals surface area contributed by atoms with Crippen molar-refractivity contribution >= 4 is 0 Å². The van der Waals surface area contributed by atoms with Gasteiger partial charge in [0.1, 0.15) is 11.8 Å². The normalized spacial score (nSPS) is 11.8. The Morgan fingerprint density at radius 1 is 1.50 bits per heavy atom. The maximum atomic E-state index is 9.65. The molecule has 1 atom stereocenters. The smallest absolute Gasteiger partial charge is 0.174 e. The molecule has 0 spiro atoms. The van der Waals surface area contributed by atoms with E-state index in [1.54, 1.807) is 12.1 Å². The molecule has 1 N–H and O–H groups in total. The molecular weight excluding hydrogens is 178 g/mol. The van der Waals surface area contributed by atoms with Crippen LogP contribution in [0.25, 0.3) is 0 Å². The topological polar surface area (TPSA) is 53.2 Å². The first kappa shape index (κ1) is 10.6. The van der Waals surface area contributed by atoms with E-state index in [9.17, 15) is 5.11 Å². The molecule has 1 aromatic carbocycles. The van der Waals surface area contributed by atoms with Gasteiger partial charge in [-0.25, -0.2) is 0 Å². The third-order valence-corrected chi connectivity index (χ3v) is 1.96. The van der Waals surface area contributed by atoms with Gasteiger partial charge in [0.2, 0.25) is 0 Å². The average Bonchev–Trinajstić information content (AvgIpc) is 2.25. The summed E-state index contributed by atoms with van der Waals surface area (Å²) in [6, 6.07) is 9.12. The molecule has 0 radical (unpaired) electrons. The van der Waals surface area contributed by atoms with Crippen LogP contribution in [0.5, 0.6) is 5.75 Å². The Balaban J connectivity index is 2.86. The van der Waals surface area contributed by atoms with E-state index in [4.69, 9.17) is 10.00 Å². The number of para-hydroxylation sites is 1. The van der Waals surface area contributed by atoms with E-state index in [2.05, 4.69) is 0 Å². The van der Waals surface area contributed by atoms with Gasteiger partial charge in [0, 0.05) is 5.56 Å². The lowest BCUT2D eigenvalue weighted by Gasteiger charge is -2.12. The summed E-state index contributed by atoms with van der Waals surface area (Å²) < 4.78 is 5.19. The second kappa shape index (κ2) is 5.25. The molecule has 0 fully saturated rings. The lowest BCUT2D eigenvalue weighted by atomic mass is 10.1. The van der Waals surface area contributed by atoms with Crippen LogP contribution in [0, 0.1) is 11.3 Å². The standard InChI is InChI=1S/C11H13NO2/c1-2-10(13)9-5-3-4-6-11(9)14-8-7-12/h3-6,10,13H,2,8H2,1H3/t10-/m1/s1. The van der Waals surface area contributed by atoms with Crippen LogP contribution >= 0.6 is 0 Å². The van der Waals surface area contributed by atoms with Gasteiger partial charge < -0.3 is 9.84 Å². The van der Waals surface area contributed by atoms with E-state index in [0.717, 1.165) is 5.56 Å². The van der Waals surface area contributed by atoms with Gasteiger partial charge in [-0.2, -0.15) is 5.26 Å².